The molecule has 0 aliphatic carbocycles. The van der Waals surface area contributed by atoms with E-state index < -0.39 is 0 Å². The highest BCUT2D eigenvalue weighted by molar-refractivity contribution is 5.39. The van der Waals surface area contributed by atoms with Crippen molar-refractivity contribution in [3.63, 3.8) is 0 Å². The molecule has 0 aliphatic rings. The van der Waals surface area contributed by atoms with Gasteiger partial charge in [-0.25, -0.2) is 0 Å². The standard InChI is InChI=1S/C16H20N2O/c1-11(2)14-6-4-5-7-16(14)19-13-8-9-15(12(3)17)18-10-13/h4-12H,17H2,1-3H3/t12-/m1/s1. The summed E-state index contributed by atoms with van der Waals surface area (Å²) in [7, 11) is 0. The SMILES string of the molecule is CC(C)c1ccccc1Oc1ccc([C@@H](C)N)nc1. The third kappa shape index (κ3) is 3.32. The minimum atomic E-state index is -0.0583. The summed E-state index contributed by atoms with van der Waals surface area (Å²) in [5.41, 5.74) is 7.84. The number of hydrogen-bond donors (Lipinski definition) is 1. The van der Waals surface area contributed by atoms with E-state index in [1.54, 1.807) is 6.20 Å². The largest absolute Gasteiger partial charge is 0.455 e. The van der Waals surface area contributed by atoms with E-state index in [4.69, 9.17) is 10.5 Å². The molecule has 0 amide bonds. The Bertz CT molecular complexity index is 533. The van der Waals surface area contributed by atoms with Crippen molar-refractivity contribution in [1.82, 2.24) is 4.98 Å². The maximum absolute atomic E-state index is 5.90. The van der Waals surface area contributed by atoms with Crippen molar-refractivity contribution in [3.8, 4) is 11.5 Å². The molecular weight excluding hydrogens is 236 g/mol. The summed E-state index contributed by atoms with van der Waals surface area (Å²) in [6, 6.07) is 11.8. The monoisotopic (exact) mass is 256 g/mol. The summed E-state index contributed by atoms with van der Waals surface area (Å²) in [6.07, 6.45) is 1.72. The number of aromatic nitrogens is 1. The molecule has 100 valence electrons. The maximum Gasteiger partial charge on any atom is 0.145 e. The van der Waals surface area contributed by atoms with Crippen molar-refractivity contribution in [3.05, 3.63) is 53.9 Å². The van der Waals surface area contributed by atoms with Gasteiger partial charge in [0, 0.05) is 6.04 Å². The second kappa shape index (κ2) is 5.85. The van der Waals surface area contributed by atoms with E-state index in [1.165, 1.54) is 5.56 Å². The number of rotatable bonds is 4. The molecule has 1 aromatic carbocycles. The molecule has 0 unspecified atom stereocenters. The highest BCUT2D eigenvalue weighted by Crippen LogP contribution is 2.30. The molecule has 0 saturated heterocycles. The Labute approximate surface area is 114 Å². The number of para-hydroxylation sites is 1. The lowest BCUT2D eigenvalue weighted by molar-refractivity contribution is 0.470. The zero-order valence-corrected chi connectivity index (χ0v) is 11.6. The summed E-state index contributed by atoms with van der Waals surface area (Å²) in [6.45, 7) is 6.22. The minimum Gasteiger partial charge on any atom is -0.455 e. The van der Waals surface area contributed by atoms with Crippen molar-refractivity contribution in [1.29, 1.82) is 0 Å². The summed E-state index contributed by atoms with van der Waals surface area (Å²) in [5.74, 6) is 2.04. The number of pyridine rings is 1. The van der Waals surface area contributed by atoms with E-state index in [1.807, 2.05) is 37.3 Å². The maximum atomic E-state index is 5.90. The summed E-state index contributed by atoms with van der Waals surface area (Å²) in [5, 5.41) is 0. The Morgan fingerprint density at radius 3 is 2.37 bits per heavy atom. The molecule has 0 radical (unpaired) electrons. The first-order valence-corrected chi connectivity index (χ1v) is 6.56. The molecule has 3 nitrogen and oxygen atoms in total. The molecule has 3 heteroatoms. The van der Waals surface area contributed by atoms with Gasteiger partial charge in [-0.15, -0.1) is 0 Å². The van der Waals surface area contributed by atoms with Crippen LogP contribution in [0.15, 0.2) is 42.6 Å². The molecule has 1 atom stereocenters. The lowest BCUT2D eigenvalue weighted by Crippen LogP contribution is -2.06. The summed E-state index contributed by atoms with van der Waals surface area (Å²) >= 11 is 0. The quantitative estimate of drug-likeness (QED) is 0.898. The van der Waals surface area contributed by atoms with Crippen LogP contribution in [0, 0.1) is 0 Å². The average Bonchev–Trinajstić information content (AvgIpc) is 2.39. The zero-order valence-electron chi connectivity index (χ0n) is 11.6. The van der Waals surface area contributed by atoms with Crippen LogP contribution in [-0.4, -0.2) is 4.98 Å². The Hall–Kier alpha value is -1.87. The smallest absolute Gasteiger partial charge is 0.145 e. The first kappa shape index (κ1) is 13.6. The molecule has 0 bridgehead atoms. The van der Waals surface area contributed by atoms with Gasteiger partial charge < -0.3 is 10.5 Å². The Balaban J connectivity index is 2.21. The Morgan fingerprint density at radius 2 is 1.79 bits per heavy atom. The molecule has 1 aromatic heterocycles. The van der Waals surface area contributed by atoms with Crippen LogP contribution >= 0.6 is 0 Å². The Kier molecular flexibility index (Phi) is 4.17. The molecule has 2 N–H and O–H groups in total. The van der Waals surface area contributed by atoms with Crippen LogP contribution < -0.4 is 10.5 Å². The predicted molar refractivity (Wildman–Crippen MR) is 77.4 cm³/mol. The van der Waals surface area contributed by atoms with Crippen LogP contribution in [0.3, 0.4) is 0 Å². The van der Waals surface area contributed by atoms with Crippen molar-refractivity contribution >= 4 is 0 Å². The normalized spacial score (nSPS) is 12.5. The van der Waals surface area contributed by atoms with Crippen molar-refractivity contribution in [2.75, 3.05) is 0 Å². The van der Waals surface area contributed by atoms with Gasteiger partial charge in [-0.2, -0.15) is 0 Å². The van der Waals surface area contributed by atoms with Crippen molar-refractivity contribution < 1.29 is 4.74 Å². The van der Waals surface area contributed by atoms with E-state index in [-0.39, 0.29) is 6.04 Å². The van der Waals surface area contributed by atoms with Gasteiger partial charge in [-0.3, -0.25) is 4.98 Å². The average molecular weight is 256 g/mol. The van der Waals surface area contributed by atoms with Crippen molar-refractivity contribution in [2.45, 2.75) is 32.7 Å². The fraction of sp³-hybridized carbons (Fsp3) is 0.312. The molecule has 0 aliphatic heterocycles. The fourth-order valence-corrected chi connectivity index (χ4v) is 1.90. The van der Waals surface area contributed by atoms with Gasteiger partial charge in [-0.1, -0.05) is 32.0 Å². The van der Waals surface area contributed by atoms with Crippen LogP contribution in [0.4, 0.5) is 0 Å². The van der Waals surface area contributed by atoms with Gasteiger partial charge >= 0.3 is 0 Å². The predicted octanol–water partition coefficient (Wildman–Crippen LogP) is 4.02. The number of nitrogens with zero attached hydrogens (tertiary/aromatic N) is 1. The number of ether oxygens (including phenoxy) is 1. The summed E-state index contributed by atoms with van der Waals surface area (Å²) < 4.78 is 5.90. The zero-order chi connectivity index (χ0) is 13.8. The van der Waals surface area contributed by atoms with Gasteiger partial charge in [0.25, 0.3) is 0 Å². The van der Waals surface area contributed by atoms with Gasteiger partial charge in [0.15, 0.2) is 0 Å². The molecular formula is C16H20N2O. The third-order valence-corrected chi connectivity index (χ3v) is 2.99. The number of benzene rings is 1. The van der Waals surface area contributed by atoms with Crippen molar-refractivity contribution in [2.24, 2.45) is 5.73 Å². The second-order valence-electron chi connectivity index (χ2n) is 5.00. The topological polar surface area (TPSA) is 48.1 Å². The first-order chi connectivity index (χ1) is 9.08. The molecule has 0 saturated carbocycles. The van der Waals surface area contributed by atoms with Crippen LogP contribution in [0.5, 0.6) is 11.5 Å². The Morgan fingerprint density at radius 1 is 1.05 bits per heavy atom. The lowest BCUT2D eigenvalue weighted by atomic mass is 10.0. The van der Waals surface area contributed by atoms with Gasteiger partial charge in [0.2, 0.25) is 0 Å². The molecule has 0 spiro atoms. The van der Waals surface area contributed by atoms with E-state index in [0.717, 1.165) is 17.2 Å². The molecule has 0 fully saturated rings. The fourth-order valence-electron chi connectivity index (χ4n) is 1.90. The van der Waals surface area contributed by atoms with E-state index in [0.29, 0.717) is 5.92 Å². The van der Waals surface area contributed by atoms with E-state index in [9.17, 15) is 0 Å². The van der Waals surface area contributed by atoms with E-state index in [2.05, 4.69) is 24.9 Å². The third-order valence-electron chi connectivity index (χ3n) is 2.99. The van der Waals surface area contributed by atoms with E-state index >= 15 is 0 Å². The van der Waals surface area contributed by atoms with Crippen LogP contribution in [-0.2, 0) is 0 Å². The first-order valence-electron chi connectivity index (χ1n) is 6.56. The van der Waals surface area contributed by atoms with Crippen LogP contribution in [0.2, 0.25) is 0 Å². The number of hydrogen-bond acceptors (Lipinski definition) is 3. The molecule has 19 heavy (non-hydrogen) atoms. The molecule has 1 heterocycles. The second-order valence-corrected chi connectivity index (χ2v) is 5.00. The van der Waals surface area contributed by atoms with Crippen LogP contribution in [0.25, 0.3) is 0 Å². The molecule has 2 rings (SSSR count). The van der Waals surface area contributed by atoms with Gasteiger partial charge in [0.1, 0.15) is 11.5 Å². The minimum absolute atomic E-state index is 0.0583. The van der Waals surface area contributed by atoms with Crippen LogP contribution in [0.1, 0.15) is 44.0 Å². The highest BCUT2D eigenvalue weighted by Gasteiger charge is 2.08. The highest BCUT2D eigenvalue weighted by atomic mass is 16.5. The van der Waals surface area contributed by atoms with Gasteiger partial charge in [0.05, 0.1) is 11.9 Å². The lowest BCUT2D eigenvalue weighted by Gasteiger charge is -2.13. The molecule has 2 aromatic rings. The summed E-state index contributed by atoms with van der Waals surface area (Å²) in [4.78, 5) is 4.30. The number of nitrogens with two attached hydrogens (primary N) is 1. The van der Waals surface area contributed by atoms with Gasteiger partial charge in [-0.05, 0) is 36.6 Å².